The molecule has 0 aromatic heterocycles. The van der Waals surface area contributed by atoms with E-state index in [1.807, 2.05) is 42.5 Å². The van der Waals surface area contributed by atoms with Gasteiger partial charge in [-0.3, -0.25) is 0 Å². The van der Waals surface area contributed by atoms with Crippen LogP contribution in [0.1, 0.15) is 11.1 Å². The summed E-state index contributed by atoms with van der Waals surface area (Å²) in [6, 6.07) is 17.7. The number of hydrazone groups is 1. The average molecular weight is 245 g/mol. The molecule has 0 aliphatic carbocycles. The van der Waals surface area contributed by atoms with Gasteiger partial charge >= 0.3 is 0 Å². The molecule has 0 bridgehead atoms. The van der Waals surface area contributed by atoms with Crippen molar-refractivity contribution in [3.8, 4) is 0 Å². The van der Waals surface area contributed by atoms with Crippen molar-refractivity contribution in [3.63, 3.8) is 0 Å². The summed E-state index contributed by atoms with van der Waals surface area (Å²) in [5.41, 5.74) is 5.23. The van der Waals surface area contributed by atoms with Gasteiger partial charge in [-0.15, -0.1) is 0 Å². The van der Waals surface area contributed by atoms with Crippen molar-refractivity contribution in [1.29, 1.82) is 0 Å². The van der Waals surface area contributed by atoms with E-state index in [0.717, 1.165) is 17.1 Å². The van der Waals surface area contributed by atoms with Crippen molar-refractivity contribution < 1.29 is 0 Å². The molecule has 86 valence electrons. The first-order valence-electron chi connectivity index (χ1n) is 5.40. The molecule has 2 rings (SSSR count). The second-order valence-corrected chi connectivity index (χ2v) is 4.07. The summed E-state index contributed by atoms with van der Waals surface area (Å²) in [6.45, 7) is 0.727. The number of benzene rings is 2. The van der Waals surface area contributed by atoms with Crippen LogP contribution in [0.4, 0.5) is 0 Å². The molecule has 2 nitrogen and oxygen atoms in total. The Morgan fingerprint density at radius 3 is 2.41 bits per heavy atom. The van der Waals surface area contributed by atoms with E-state index < -0.39 is 0 Å². The van der Waals surface area contributed by atoms with Crippen LogP contribution in [0.25, 0.3) is 0 Å². The van der Waals surface area contributed by atoms with E-state index in [1.54, 1.807) is 6.21 Å². The van der Waals surface area contributed by atoms with Crippen molar-refractivity contribution >= 4 is 17.8 Å². The number of nitrogens with one attached hydrogen (secondary N) is 1. The molecular weight excluding hydrogens is 232 g/mol. The lowest BCUT2D eigenvalue weighted by atomic mass is 10.2. The molecule has 0 atom stereocenters. The van der Waals surface area contributed by atoms with Gasteiger partial charge < -0.3 is 5.43 Å². The monoisotopic (exact) mass is 244 g/mol. The summed E-state index contributed by atoms with van der Waals surface area (Å²) in [4.78, 5) is 0. The zero-order valence-electron chi connectivity index (χ0n) is 9.31. The van der Waals surface area contributed by atoms with E-state index in [-0.39, 0.29) is 0 Å². The van der Waals surface area contributed by atoms with Gasteiger partial charge in [0.2, 0.25) is 0 Å². The van der Waals surface area contributed by atoms with Crippen LogP contribution in [0.3, 0.4) is 0 Å². The first-order valence-corrected chi connectivity index (χ1v) is 5.78. The molecule has 0 saturated carbocycles. The third-order valence-electron chi connectivity index (χ3n) is 2.30. The van der Waals surface area contributed by atoms with E-state index >= 15 is 0 Å². The smallest absolute Gasteiger partial charge is 0.0580 e. The molecule has 0 unspecified atom stereocenters. The van der Waals surface area contributed by atoms with Crippen LogP contribution in [0.5, 0.6) is 0 Å². The van der Waals surface area contributed by atoms with E-state index in [4.69, 9.17) is 11.6 Å². The van der Waals surface area contributed by atoms with Gasteiger partial charge in [0.1, 0.15) is 0 Å². The maximum Gasteiger partial charge on any atom is 0.0580 e. The average Bonchev–Trinajstić information content (AvgIpc) is 2.38. The molecule has 0 spiro atoms. The fraction of sp³-hybridized carbons (Fsp3) is 0.0714. The van der Waals surface area contributed by atoms with Crippen molar-refractivity contribution in [2.24, 2.45) is 5.10 Å². The second-order valence-electron chi connectivity index (χ2n) is 3.63. The molecule has 0 saturated heterocycles. The normalized spacial score (nSPS) is 10.6. The lowest BCUT2D eigenvalue weighted by Crippen LogP contribution is -2.05. The Hall–Kier alpha value is -1.80. The quantitative estimate of drug-likeness (QED) is 0.647. The van der Waals surface area contributed by atoms with Gasteiger partial charge in [0.05, 0.1) is 12.8 Å². The van der Waals surface area contributed by atoms with Crippen LogP contribution in [-0.4, -0.2) is 6.21 Å². The minimum absolute atomic E-state index is 0.727. The fourth-order valence-electron chi connectivity index (χ4n) is 1.40. The van der Waals surface area contributed by atoms with Crippen LogP contribution in [-0.2, 0) is 6.54 Å². The molecule has 17 heavy (non-hydrogen) atoms. The highest BCUT2D eigenvalue weighted by Gasteiger charge is 1.89. The van der Waals surface area contributed by atoms with E-state index in [2.05, 4.69) is 22.7 Å². The highest BCUT2D eigenvalue weighted by molar-refractivity contribution is 6.30. The molecule has 0 amide bonds. The molecule has 0 radical (unpaired) electrons. The summed E-state index contributed by atoms with van der Waals surface area (Å²) in [5.74, 6) is 0. The first kappa shape index (κ1) is 11.7. The van der Waals surface area contributed by atoms with E-state index in [1.165, 1.54) is 5.56 Å². The number of hydrogen-bond acceptors (Lipinski definition) is 2. The van der Waals surface area contributed by atoms with Gasteiger partial charge in [-0.25, -0.2) is 0 Å². The van der Waals surface area contributed by atoms with Crippen LogP contribution in [0.15, 0.2) is 59.7 Å². The minimum atomic E-state index is 0.727. The van der Waals surface area contributed by atoms with Crippen molar-refractivity contribution in [1.82, 2.24) is 5.43 Å². The lowest BCUT2D eigenvalue weighted by molar-refractivity contribution is 0.748. The number of halogens is 1. The van der Waals surface area contributed by atoms with Crippen molar-refractivity contribution in [2.45, 2.75) is 6.54 Å². The third-order valence-corrected chi connectivity index (χ3v) is 2.55. The van der Waals surface area contributed by atoms with Crippen LogP contribution in [0, 0.1) is 0 Å². The Labute approximate surface area is 106 Å². The second kappa shape index (κ2) is 6.06. The number of hydrogen-bond donors (Lipinski definition) is 1. The number of rotatable bonds is 4. The molecule has 0 fully saturated rings. The molecule has 3 heteroatoms. The Bertz CT molecular complexity index is 477. The predicted molar refractivity (Wildman–Crippen MR) is 72.3 cm³/mol. The van der Waals surface area contributed by atoms with Crippen molar-refractivity contribution in [2.75, 3.05) is 0 Å². The molecule has 0 heterocycles. The lowest BCUT2D eigenvalue weighted by Gasteiger charge is -1.99. The predicted octanol–water partition coefficient (Wildman–Crippen LogP) is 3.46. The zero-order valence-corrected chi connectivity index (χ0v) is 10.1. The summed E-state index contributed by atoms with van der Waals surface area (Å²) < 4.78 is 0. The molecule has 0 aliphatic rings. The molecular formula is C14H13ClN2. The Morgan fingerprint density at radius 2 is 1.71 bits per heavy atom. The Balaban J connectivity index is 1.84. The third kappa shape index (κ3) is 3.93. The van der Waals surface area contributed by atoms with Gasteiger partial charge in [-0.05, 0) is 23.3 Å². The fourth-order valence-corrected chi connectivity index (χ4v) is 1.53. The molecule has 1 N–H and O–H groups in total. The zero-order chi connectivity index (χ0) is 11.9. The number of nitrogens with zero attached hydrogens (tertiary/aromatic N) is 1. The minimum Gasteiger partial charge on any atom is -0.306 e. The largest absolute Gasteiger partial charge is 0.306 e. The summed E-state index contributed by atoms with van der Waals surface area (Å²) in [7, 11) is 0. The van der Waals surface area contributed by atoms with Gasteiger partial charge in [0, 0.05) is 5.02 Å². The Kier molecular flexibility index (Phi) is 4.17. The van der Waals surface area contributed by atoms with Crippen LogP contribution in [0.2, 0.25) is 5.02 Å². The Morgan fingerprint density at radius 1 is 1.00 bits per heavy atom. The van der Waals surface area contributed by atoms with Crippen molar-refractivity contribution in [3.05, 3.63) is 70.7 Å². The highest BCUT2D eigenvalue weighted by atomic mass is 35.5. The van der Waals surface area contributed by atoms with Crippen LogP contribution >= 0.6 is 11.6 Å². The molecule has 0 aliphatic heterocycles. The summed E-state index contributed by atoms with van der Waals surface area (Å²) in [6.07, 6.45) is 1.78. The van der Waals surface area contributed by atoms with Gasteiger partial charge in [0.15, 0.2) is 0 Å². The van der Waals surface area contributed by atoms with Gasteiger partial charge in [0.25, 0.3) is 0 Å². The SMILES string of the molecule is Clc1ccc(C=NNCc2ccccc2)cc1. The first-order chi connectivity index (χ1) is 8.34. The molecule has 2 aromatic rings. The van der Waals surface area contributed by atoms with Crippen LogP contribution < -0.4 is 5.43 Å². The van der Waals surface area contributed by atoms with Gasteiger partial charge in [-0.1, -0.05) is 54.1 Å². The maximum atomic E-state index is 5.79. The maximum absolute atomic E-state index is 5.79. The van der Waals surface area contributed by atoms with E-state index in [0.29, 0.717) is 0 Å². The molecule has 2 aromatic carbocycles. The summed E-state index contributed by atoms with van der Waals surface area (Å²) >= 11 is 5.79. The summed E-state index contributed by atoms with van der Waals surface area (Å²) in [5, 5.41) is 4.88. The topological polar surface area (TPSA) is 24.4 Å². The highest BCUT2D eigenvalue weighted by Crippen LogP contribution is 2.07. The van der Waals surface area contributed by atoms with E-state index in [9.17, 15) is 0 Å². The standard InChI is InChI=1S/C14H13ClN2/c15-14-8-6-13(7-9-14)11-17-16-10-12-4-2-1-3-5-12/h1-9,11,16H,10H2. The van der Waals surface area contributed by atoms with Gasteiger partial charge in [-0.2, -0.15) is 5.10 Å².